The Morgan fingerprint density at radius 3 is 1.53 bits per heavy atom. The molecule has 1 aromatic carbocycles. The molecule has 7 heteroatoms. The summed E-state index contributed by atoms with van der Waals surface area (Å²) in [6.07, 6.45) is 1.31. The molecule has 166 valence electrons. The topological polar surface area (TPSA) is 84.0 Å². The van der Waals surface area contributed by atoms with E-state index in [0.717, 1.165) is 0 Å². The highest BCUT2D eigenvalue weighted by Gasteiger charge is 2.13. The highest BCUT2D eigenvalue weighted by molar-refractivity contribution is 5.89. The van der Waals surface area contributed by atoms with E-state index in [0.29, 0.717) is 64.1 Å². The number of benzene rings is 1. The van der Waals surface area contributed by atoms with Gasteiger partial charge >= 0.3 is 5.97 Å². The molecule has 0 aromatic heterocycles. The maximum absolute atomic E-state index is 12.1. The van der Waals surface area contributed by atoms with Crippen LogP contribution < -0.4 is 0 Å². The lowest BCUT2D eigenvalue weighted by atomic mass is 10.2. The van der Waals surface area contributed by atoms with Crippen LogP contribution in [0.15, 0.2) is 30.3 Å². The summed E-state index contributed by atoms with van der Waals surface area (Å²) in [4.78, 5) is 50.3. The van der Waals surface area contributed by atoms with Gasteiger partial charge in [-0.25, -0.2) is 4.79 Å². The van der Waals surface area contributed by atoms with Crippen LogP contribution in [0.2, 0.25) is 0 Å². The number of rotatable bonds is 16. The molecule has 30 heavy (non-hydrogen) atoms. The Labute approximate surface area is 179 Å². The van der Waals surface area contributed by atoms with E-state index < -0.39 is 0 Å². The fraction of sp³-hybridized carbons (Fsp3) is 0.565. The monoisotopic (exact) mass is 418 g/mol. The minimum atomic E-state index is -0.369. The van der Waals surface area contributed by atoms with Crippen molar-refractivity contribution in [2.45, 2.75) is 40.0 Å². The van der Waals surface area contributed by atoms with Crippen LogP contribution in [0.25, 0.3) is 0 Å². The second-order valence-electron chi connectivity index (χ2n) is 7.54. The van der Waals surface area contributed by atoms with Crippen molar-refractivity contribution in [1.29, 1.82) is 0 Å². The molecule has 1 rings (SSSR count). The van der Waals surface area contributed by atoms with Crippen molar-refractivity contribution < 1.29 is 23.9 Å². The molecule has 0 fully saturated rings. The van der Waals surface area contributed by atoms with E-state index in [2.05, 4.69) is 9.80 Å². The number of carbonyl (C=O) groups is 4. The van der Waals surface area contributed by atoms with Gasteiger partial charge in [-0.05, 0) is 32.9 Å². The first kappa shape index (κ1) is 25.7. The van der Waals surface area contributed by atoms with Gasteiger partial charge in [0.15, 0.2) is 0 Å². The second-order valence-corrected chi connectivity index (χ2v) is 7.54. The molecule has 0 N–H and O–H groups in total. The summed E-state index contributed by atoms with van der Waals surface area (Å²) in [5.74, 6) is -0.0360. The fourth-order valence-electron chi connectivity index (χ4n) is 2.83. The summed E-state index contributed by atoms with van der Waals surface area (Å²) in [6.45, 7) is 8.53. The van der Waals surface area contributed by atoms with Gasteiger partial charge in [-0.2, -0.15) is 0 Å². The number of esters is 1. The van der Waals surface area contributed by atoms with E-state index in [9.17, 15) is 19.2 Å². The Bertz CT molecular complexity index is 672. The molecule has 0 spiro atoms. The summed E-state index contributed by atoms with van der Waals surface area (Å²) in [7, 11) is 0. The first-order valence-electron chi connectivity index (χ1n) is 10.4. The predicted molar refractivity (Wildman–Crippen MR) is 115 cm³/mol. The van der Waals surface area contributed by atoms with Crippen molar-refractivity contribution in [2.24, 2.45) is 0 Å². The van der Waals surface area contributed by atoms with Crippen LogP contribution in [0.3, 0.4) is 0 Å². The summed E-state index contributed by atoms with van der Waals surface area (Å²) >= 11 is 0. The molecule has 0 saturated heterocycles. The van der Waals surface area contributed by atoms with Crippen molar-refractivity contribution >= 4 is 23.3 Å². The lowest BCUT2D eigenvalue weighted by Gasteiger charge is -2.27. The third-order valence-electron chi connectivity index (χ3n) is 4.72. The van der Waals surface area contributed by atoms with E-state index in [4.69, 9.17) is 4.74 Å². The lowest BCUT2D eigenvalue weighted by molar-refractivity contribution is -0.118. The Hall–Kier alpha value is -2.38. The van der Waals surface area contributed by atoms with Crippen molar-refractivity contribution in [1.82, 2.24) is 9.80 Å². The Morgan fingerprint density at radius 2 is 1.10 bits per heavy atom. The molecule has 0 aliphatic rings. The fourth-order valence-corrected chi connectivity index (χ4v) is 2.83. The van der Waals surface area contributed by atoms with E-state index >= 15 is 0 Å². The normalized spacial score (nSPS) is 11.0. The van der Waals surface area contributed by atoms with Gasteiger partial charge in [-0.15, -0.1) is 0 Å². The smallest absolute Gasteiger partial charge is 0.338 e. The number of ketones is 3. The van der Waals surface area contributed by atoms with Crippen molar-refractivity contribution in [3.8, 4) is 0 Å². The van der Waals surface area contributed by atoms with Gasteiger partial charge in [0.2, 0.25) is 0 Å². The number of Topliss-reactive ketones (excluding diaryl/α,β-unsaturated/α-hetero) is 3. The van der Waals surface area contributed by atoms with Gasteiger partial charge in [0, 0.05) is 58.5 Å². The van der Waals surface area contributed by atoms with E-state index in [1.165, 1.54) is 0 Å². The summed E-state index contributed by atoms with van der Waals surface area (Å²) in [5.41, 5.74) is 0.507. The first-order chi connectivity index (χ1) is 14.3. The molecular weight excluding hydrogens is 384 g/mol. The summed E-state index contributed by atoms with van der Waals surface area (Å²) in [6, 6.07) is 8.82. The quantitative estimate of drug-likeness (QED) is 0.381. The molecule has 0 radical (unpaired) electrons. The zero-order chi connectivity index (χ0) is 22.4. The maximum Gasteiger partial charge on any atom is 0.338 e. The number of carbonyl (C=O) groups excluding carboxylic acids is 4. The maximum atomic E-state index is 12.1. The zero-order valence-corrected chi connectivity index (χ0v) is 18.4. The number of hydrogen-bond acceptors (Lipinski definition) is 7. The molecule has 7 nitrogen and oxygen atoms in total. The van der Waals surface area contributed by atoms with Crippen LogP contribution in [0, 0.1) is 0 Å². The molecule has 0 heterocycles. The zero-order valence-electron chi connectivity index (χ0n) is 18.4. The highest BCUT2D eigenvalue weighted by Crippen LogP contribution is 2.03. The van der Waals surface area contributed by atoms with Crippen LogP contribution in [0.1, 0.15) is 50.4 Å². The van der Waals surface area contributed by atoms with Crippen LogP contribution in [-0.2, 0) is 19.1 Å². The molecule has 0 saturated carbocycles. The standard InChI is InChI=1S/C23H34N2O5/c1-19(26)9-12-24(13-10-20(2)27)15-16-25(14-11-21(3)28)17-18-30-23(29)22-7-5-4-6-8-22/h4-8H,9-18H2,1-3H3. The Balaban J connectivity index is 2.56. The van der Waals surface area contributed by atoms with Crippen LogP contribution in [0.4, 0.5) is 0 Å². The number of ether oxygens (including phenoxy) is 1. The first-order valence-corrected chi connectivity index (χ1v) is 10.4. The molecule has 0 amide bonds. The largest absolute Gasteiger partial charge is 0.461 e. The van der Waals surface area contributed by atoms with Gasteiger partial charge in [0.25, 0.3) is 0 Å². The third-order valence-corrected chi connectivity index (χ3v) is 4.72. The van der Waals surface area contributed by atoms with Crippen molar-refractivity contribution in [2.75, 3.05) is 45.9 Å². The van der Waals surface area contributed by atoms with E-state index in [1.807, 2.05) is 6.07 Å². The molecular formula is C23H34N2O5. The molecule has 0 unspecified atom stereocenters. The Morgan fingerprint density at radius 1 is 0.667 bits per heavy atom. The van der Waals surface area contributed by atoms with Gasteiger partial charge in [0.1, 0.15) is 24.0 Å². The molecule has 0 aliphatic heterocycles. The molecule has 1 aromatic rings. The van der Waals surface area contributed by atoms with E-state index in [1.54, 1.807) is 45.0 Å². The average Bonchev–Trinajstić information content (AvgIpc) is 2.70. The molecule has 0 aliphatic carbocycles. The van der Waals surface area contributed by atoms with Crippen LogP contribution in [0.5, 0.6) is 0 Å². The van der Waals surface area contributed by atoms with Gasteiger partial charge in [-0.1, -0.05) is 18.2 Å². The average molecular weight is 419 g/mol. The highest BCUT2D eigenvalue weighted by atomic mass is 16.5. The van der Waals surface area contributed by atoms with Gasteiger partial charge in [0.05, 0.1) is 5.56 Å². The summed E-state index contributed by atoms with van der Waals surface area (Å²) < 4.78 is 5.36. The minimum absolute atomic E-state index is 0.103. The van der Waals surface area contributed by atoms with Crippen LogP contribution in [-0.4, -0.2) is 79.0 Å². The molecule has 0 atom stereocenters. The molecule has 0 bridgehead atoms. The lowest BCUT2D eigenvalue weighted by Crippen LogP contribution is -2.39. The number of nitrogens with zero attached hydrogens (tertiary/aromatic N) is 2. The van der Waals surface area contributed by atoms with E-state index in [-0.39, 0.29) is 29.9 Å². The second kappa shape index (κ2) is 14.6. The minimum Gasteiger partial charge on any atom is -0.461 e. The third kappa shape index (κ3) is 12.2. The van der Waals surface area contributed by atoms with Crippen molar-refractivity contribution in [3.63, 3.8) is 0 Å². The Kier molecular flexibility index (Phi) is 12.5. The van der Waals surface area contributed by atoms with Crippen molar-refractivity contribution in [3.05, 3.63) is 35.9 Å². The van der Waals surface area contributed by atoms with Gasteiger partial charge in [-0.3, -0.25) is 19.3 Å². The van der Waals surface area contributed by atoms with Crippen LogP contribution >= 0.6 is 0 Å². The summed E-state index contributed by atoms with van der Waals surface area (Å²) in [5, 5.41) is 0. The SMILES string of the molecule is CC(=O)CCN(CCOC(=O)c1ccccc1)CCN(CCC(C)=O)CCC(C)=O. The number of hydrogen-bond donors (Lipinski definition) is 0. The van der Waals surface area contributed by atoms with Gasteiger partial charge < -0.3 is 9.64 Å². The predicted octanol–water partition coefficient (Wildman–Crippen LogP) is 2.38.